The van der Waals surface area contributed by atoms with Crippen LogP contribution in [0, 0.1) is 22.7 Å². The zero-order chi connectivity index (χ0) is 22.9. The lowest BCUT2D eigenvalue weighted by atomic mass is 9.40. The highest BCUT2D eigenvalue weighted by Gasteiger charge is 2.79. The standard InChI is InChI=1S/C26H32O7/c1-22-8-5-18-19(26(22,29)10-7-17(22)15-3-4-21(28)30-13-15)6-9-24-12-16-11-20(25(18,24)14-27)32-23(2,31-16)33-24/h3-4,13-14,16-20,29H,5-12H2,1-2H3/t16-,17+,18-,19+,20+,22+,23?,24-,25-,26-/m0/s1. The van der Waals surface area contributed by atoms with Crippen molar-refractivity contribution in [2.24, 2.45) is 22.7 Å². The molecule has 7 aliphatic rings. The first-order valence-electron chi connectivity index (χ1n) is 12.5. The number of ether oxygens (including phenoxy) is 3. The Bertz CT molecular complexity index is 1060. The van der Waals surface area contributed by atoms with Gasteiger partial charge in [0.1, 0.15) is 6.29 Å². The van der Waals surface area contributed by atoms with Gasteiger partial charge in [0.25, 0.3) is 5.97 Å². The van der Waals surface area contributed by atoms with Gasteiger partial charge in [0, 0.05) is 31.2 Å². The first-order valence-corrected chi connectivity index (χ1v) is 12.5. The number of aliphatic hydroxyl groups is 1. The number of fused-ring (bicyclic) bond motifs is 3. The molecule has 4 heterocycles. The summed E-state index contributed by atoms with van der Waals surface area (Å²) in [6.07, 6.45) is 8.74. The lowest BCUT2D eigenvalue weighted by Crippen LogP contribution is -2.81. The molecule has 0 amide bonds. The topological polar surface area (TPSA) is 95.2 Å². The van der Waals surface area contributed by atoms with E-state index in [0.29, 0.717) is 12.8 Å². The Morgan fingerprint density at radius 3 is 2.61 bits per heavy atom. The van der Waals surface area contributed by atoms with Gasteiger partial charge in [-0.3, -0.25) is 0 Å². The van der Waals surface area contributed by atoms with Crippen LogP contribution in [0.25, 0.3) is 0 Å². The number of hydrogen-bond donors (Lipinski definition) is 1. The zero-order valence-corrected chi connectivity index (χ0v) is 19.2. The van der Waals surface area contributed by atoms with Gasteiger partial charge in [0.15, 0.2) is 0 Å². The van der Waals surface area contributed by atoms with E-state index in [9.17, 15) is 14.7 Å². The molecule has 4 bridgehead atoms. The van der Waals surface area contributed by atoms with E-state index in [0.717, 1.165) is 50.4 Å². The minimum absolute atomic E-state index is 0.00578. The summed E-state index contributed by atoms with van der Waals surface area (Å²) in [7, 11) is 0. The molecule has 10 atom stereocenters. The maximum atomic E-state index is 13.1. The number of carbonyl (C=O) groups excluding carboxylic acids is 1. The maximum Gasteiger partial charge on any atom is 0.335 e. The average Bonchev–Trinajstić information content (AvgIpc) is 3.04. The molecule has 1 aromatic rings. The van der Waals surface area contributed by atoms with E-state index >= 15 is 0 Å². The first-order chi connectivity index (χ1) is 15.7. The lowest BCUT2D eigenvalue weighted by molar-refractivity contribution is -0.542. The average molecular weight is 457 g/mol. The Labute approximate surface area is 192 Å². The number of rotatable bonds is 2. The molecule has 7 heteroatoms. The molecule has 1 aromatic heterocycles. The second-order valence-electron chi connectivity index (χ2n) is 11.9. The predicted octanol–water partition coefficient (Wildman–Crippen LogP) is 3.28. The van der Waals surface area contributed by atoms with Gasteiger partial charge >= 0.3 is 5.63 Å². The van der Waals surface area contributed by atoms with Crippen LogP contribution < -0.4 is 5.63 Å². The van der Waals surface area contributed by atoms with Gasteiger partial charge in [0.05, 0.1) is 35.1 Å². The van der Waals surface area contributed by atoms with Crippen LogP contribution in [0.1, 0.15) is 76.7 Å². The van der Waals surface area contributed by atoms with Crippen LogP contribution in [0.5, 0.6) is 0 Å². The van der Waals surface area contributed by atoms with Gasteiger partial charge in [-0.05, 0) is 67.9 Å². The quantitative estimate of drug-likeness (QED) is 0.683. The third kappa shape index (κ3) is 2.26. The largest absolute Gasteiger partial charge is 0.431 e. The van der Waals surface area contributed by atoms with Crippen molar-refractivity contribution in [1.29, 1.82) is 0 Å². The SMILES string of the molecule is CC12O[C@H]3C[C@@H](O1)[C@]1(C=O)[C@H]4CC[C@]5(C)[C@@H](c6ccc(=O)oc6)CC[C@]5(O)[C@@H]4CC[C@@]1(C3)O2. The lowest BCUT2D eigenvalue weighted by Gasteiger charge is -2.73. The molecule has 1 N–H and O–H groups in total. The highest BCUT2D eigenvalue weighted by atomic mass is 16.9. The molecule has 3 aliphatic heterocycles. The fourth-order valence-corrected chi connectivity index (χ4v) is 9.69. The maximum absolute atomic E-state index is 13.1. The van der Waals surface area contributed by atoms with Gasteiger partial charge in [-0.15, -0.1) is 0 Å². The monoisotopic (exact) mass is 456 g/mol. The molecule has 4 saturated carbocycles. The van der Waals surface area contributed by atoms with Gasteiger partial charge < -0.3 is 28.5 Å². The Morgan fingerprint density at radius 2 is 1.88 bits per heavy atom. The second-order valence-corrected chi connectivity index (χ2v) is 11.9. The minimum atomic E-state index is -1.07. The van der Waals surface area contributed by atoms with Crippen LogP contribution in [0.4, 0.5) is 0 Å². The first kappa shape index (κ1) is 20.8. The third-order valence-corrected chi connectivity index (χ3v) is 10.9. The van der Waals surface area contributed by atoms with E-state index in [1.165, 1.54) is 6.07 Å². The fraction of sp³-hybridized carbons (Fsp3) is 0.769. The fourth-order valence-electron chi connectivity index (χ4n) is 9.69. The van der Waals surface area contributed by atoms with Crippen molar-refractivity contribution in [1.82, 2.24) is 0 Å². The summed E-state index contributed by atoms with van der Waals surface area (Å²) >= 11 is 0. The Morgan fingerprint density at radius 1 is 1.06 bits per heavy atom. The van der Waals surface area contributed by atoms with Crippen molar-refractivity contribution in [3.05, 3.63) is 34.4 Å². The molecule has 4 aliphatic carbocycles. The molecule has 178 valence electrons. The Balaban J connectivity index is 1.30. The van der Waals surface area contributed by atoms with Gasteiger partial charge in [0.2, 0.25) is 0 Å². The van der Waals surface area contributed by atoms with Gasteiger partial charge in [-0.1, -0.05) is 6.92 Å². The van der Waals surface area contributed by atoms with E-state index < -0.39 is 22.6 Å². The highest BCUT2D eigenvalue weighted by molar-refractivity contribution is 5.66. The van der Waals surface area contributed by atoms with Crippen LogP contribution in [0.3, 0.4) is 0 Å². The number of carbonyl (C=O) groups is 1. The van der Waals surface area contributed by atoms with Crippen molar-refractivity contribution in [3.8, 4) is 0 Å². The minimum Gasteiger partial charge on any atom is -0.431 e. The van der Waals surface area contributed by atoms with Gasteiger partial charge in [-0.2, -0.15) is 0 Å². The molecule has 0 radical (unpaired) electrons. The van der Waals surface area contributed by atoms with Crippen LogP contribution >= 0.6 is 0 Å². The number of aldehydes is 1. The molecular weight excluding hydrogens is 424 g/mol. The molecule has 0 aromatic carbocycles. The van der Waals surface area contributed by atoms with Crippen LogP contribution in [-0.4, -0.2) is 40.8 Å². The van der Waals surface area contributed by atoms with Crippen molar-refractivity contribution in [3.63, 3.8) is 0 Å². The van der Waals surface area contributed by atoms with Crippen molar-refractivity contribution in [2.75, 3.05) is 0 Å². The molecule has 7 fully saturated rings. The third-order valence-electron chi connectivity index (χ3n) is 10.9. The predicted molar refractivity (Wildman–Crippen MR) is 115 cm³/mol. The zero-order valence-electron chi connectivity index (χ0n) is 19.2. The van der Waals surface area contributed by atoms with Crippen LogP contribution in [0.2, 0.25) is 0 Å². The molecule has 1 spiro atoms. The second kappa shape index (κ2) is 6.17. The summed E-state index contributed by atoms with van der Waals surface area (Å²) < 4.78 is 24.0. The summed E-state index contributed by atoms with van der Waals surface area (Å²) in [5.41, 5.74) is -1.92. The summed E-state index contributed by atoms with van der Waals surface area (Å²) in [6, 6.07) is 3.32. The summed E-state index contributed by atoms with van der Waals surface area (Å²) in [5, 5.41) is 12.4. The highest BCUT2D eigenvalue weighted by Crippen LogP contribution is 2.74. The smallest absolute Gasteiger partial charge is 0.335 e. The molecule has 7 nitrogen and oxygen atoms in total. The van der Waals surface area contributed by atoms with E-state index in [2.05, 4.69) is 6.92 Å². The molecule has 8 rings (SSSR count). The molecule has 3 saturated heterocycles. The molecule has 1 unspecified atom stereocenters. The summed E-state index contributed by atoms with van der Waals surface area (Å²) in [5.74, 6) is -0.927. The summed E-state index contributed by atoms with van der Waals surface area (Å²) in [6.45, 7) is 4.03. The van der Waals surface area contributed by atoms with E-state index in [-0.39, 0.29) is 41.0 Å². The van der Waals surface area contributed by atoms with Crippen LogP contribution in [-0.2, 0) is 19.0 Å². The van der Waals surface area contributed by atoms with Crippen molar-refractivity contribution >= 4 is 6.29 Å². The van der Waals surface area contributed by atoms with E-state index in [1.54, 1.807) is 6.26 Å². The molecular formula is C26H32O7. The summed E-state index contributed by atoms with van der Waals surface area (Å²) in [4.78, 5) is 24.6. The Kier molecular flexibility index (Phi) is 3.89. The van der Waals surface area contributed by atoms with Crippen LogP contribution in [0.15, 0.2) is 27.6 Å². The number of hydrogen-bond acceptors (Lipinski definition) is 7. The van der Waals surface area contributed by atoms with Gasteiger partial charge in [-0.25, -0.2) is 4.79 Å². The van der Waals surface area contributed by atoms with E-state index in [4.69, 9.17) is 18.6 Å². The van der Waals surface area contributed by atoms with Crippen molar-refractivity contribution in [2.45, 2.75) is 101 Å². The van der Waals surface area contributed by atoms with E-state index in [1.807, 2.05) is 13.0 Å². The molecule has 33 heavy (non-hydrogen) atoms. The Hall–Kier alpha value is -1.54. The normalized spacial score (nSPS) is 56.2. The van der Waals surface area contributed by atoms with Crippen molar-refractivity contribution < 1.29 is 28.5 Å².